The lowest BCUT2D eigenvalue weighted by Crippen LogP contribution is -2.16. The Balaban J connectivity index is 2.59. The predicted octanol–water partition coefficient (Wildman–Crippen LogP) is 3.67. The first-order valence-electron chi connectivity index (χ1n) is 5.84. The highest BCUT2D eigenvalue weighted by Crippen LogP contribution is 2.18. The van der Waals surface area contributed by atoms with Gasteiger partial charge in [0.1, 0.15) is 6.10 Å². The number of esters is 1. The maximum atomic E-state index is 12.1. The molecular formula is C14H15F3O2. The normalized spacial score (nSPS) is 13.5. The van der Waals surface area contributed by atoms with E-state index in [-0.39, 0.29) is 6.08 Å². The Hall–Kier alpha value is -1.78. The number of halogens is 3. The lowest BCUT2D eigenvalue weighted by molar-refractivity contribution is -0.144. The maximum absolute atomic E-state index is 12.1. The van der Waals surface area contributed by atoms with E-state index < -0.39 is 18.2 Å². The molecule has 1 aromatic rings. The van der Waals surface area contributed by atoms with Gasteiger partial charge in [-0.1, -0.05) is 30.3 Å². The molecule has 5 heteroatoms. The van der Waals surface area contributed by atoms with Crippen LogP contribution < -0.4 is 0 Å². The van der Waals surface area contributed by atoms with Crippen LogP contribution in [0.1, 0.15) is 18.9 Å². The molecule has 0 bridgehead atoms. The highest BCUT2D eigenvalue weighted by molar-refractivity contribution is 5.66. The molecule has 0 aliphatic rings. The molecule has 1 unspecified atom stereocenters. The zero-order valence-electron chi connectivity index (χ0n) is 10.5. The fraction of sp³-hybridized carbons (Fsp3) is 0.357. The molecule has 0 aliphatic heterocycles. The van der Waals surface area contributed by atoms with Crippen molar-refractivity contribution >= 4 is 5.97 Å². The van der Waals surface area contributed by atoms with Gasteiger partial charge in [-0.15, -0.1) is 0 Å². The van der Waals surface area contributed by atoms with Crippen molar-refractivity contribution in [1.82, 2.24) is 0 Å². The molecule has 104 valence electrons. The van der Waals surface area contributed by atoms with E-state index in [4.69, 9.17) is 4.74 Å². The SMILES string of the molecule is CC(=O)OC(/C=C/C(F)(F)F)CCc1ccccc1. The summed E-state index contributed by atoms with van der Waals surface area (Å²) >= 11 is 0. The van der Waals surface area contributed by atoms with Crippen LogP contribution in [0.15, 0.2) is 42.5 Å². The monoisotopic (exact) mass is 272 g/mol. The van der Waals surface area contributed by atoms with Crippen molar-refractivity contribution < 1.29 is 22.7 Å². The van der Waals surface area contributed by atoms with E-state index in [1.165, 1.54) is 6.92 Å². The fourth-order valence-electron chi connectivity index (χ4n) is 1.58. The molecule has 0 saturated carbocycles. The van der Waals surface area contributed by atoms with E-state index >= 15 is 0 Å². The van der Waals surface area contributed by atoms with Crippen LogP contribution in [0.4, 0.5) is 13.2 Å². The third-order valence-electron chi connectivity index (χ3n) is 2.38. The summed E-state index contributed by atoms with van der Waals surface area (Å²) in [7, 11) is 0. The van der Waals surface area contributed by atoms with Gasteiger partial charge < -0.3 is 4.74 Å². The second kappa shape index (κ2) is 6.97. The van der Waals surface area contributed by atoms with Crippen LogP contribution in [-0.2, 0) is 16.0 Å². The van der Waals surface area contributed by atoms with Crippen molar-refractivity contribution in [3.63, 3.8) is 0 Å². The number of rotatable bonds is 5. The van der Waals surface area contributed by atoms with Gasteiger partial charge in [0.05, 0.1) is 0 Å². The van der Waals surface area contributed by atoms with E-state index in [0.717, 1.165) is 11.6 Å². The van der Waals surface area contributed by atoms with Gasteiger partial charge in [0.15, 0.2) is 0 Å². The van der Waals surface area contributed by atoms with Crippen LogP contribution in [0.2, 0.25) is 0 Å². The summed E-state index contributed by atoms with van der Waals surface area (Å²) in [5.74, 6) is -0.593. The molecule has 0 aliphatic carbocycles. The molecule has 1 aromatic carbocycles. The van der Waals surface area contributed by atoms with E-state index in [2.05, 4.69) is 0 Å². The molecule has 1 rings (SSSR count). The predicted molar refractivity (Wildman–Crippen MR) is 65.5 cm³/mol. The summed E-state index contributed by atoms with van der Waals surface area (Å²) in [5.41, 5.74) is 0.986. The Kier molecular flexibility index (Phi) is 5.60. The van der Waals surface area contributed by atoms with E-state index in [0.29, 0.717) is 12.8 Å². The number of carbonyl (C=O) groups excluding carboxylic acids is 1. The van der Waals surface area contributed by atoms with Gasteiger partial charge in [-0.3, -0.25) is 4.79 Å². The first-order valence-corrected chi connectivity index (χ1v) is 5.84. The van der Waals surface area contributed by atoms with Crippen molar-refractivity contribution in [2.24, 2.45) is 0 Å². The van der Waals surface area contributed by atoms with E-state index in [1.54, 1.807) is 0 Å². The van der Waals surface area contributed by atoms with Crippen LogP contribution in [-0.4, -0.2) is 18.2 Å². The average Bonchev–Trinajstić information content (AvgIpc) is 2.32. The first-order chi connectivity index (χ1) is 8.87. The standard InChI is InChI=1S/C14H15F3O2/c1-11(18)19-13(9-10-14(15,16)17)8-7-12-5-3-2-4-6-12/h2-6,9-10,13H,7-8H2,1H3/b10-9+. The molecule has 0 spiro atoms. The zero-order chi connectivity index (χ0) is 14.3. The third kappa shape index (κ3) is 7.28. The van der Waals surface area contributed by atoms with Crippen molar-refractivity contribution in [2.75, 3.05) is 0 Å². The van der Waals surface area contributed by atoms with E-state index in [1.807, 2.05) is 30.3 Å². The Morgan fingerprint density at radius 2 is 1.95 bits per heavy atom. The molecule has 0 radical (unpaired) electrons. The molecule has 0 saturated heterocycles. The van der Waals surface area contributed by atoms with Crippen LogP contribution in [0.3, 0.4) is 0 Å². The molecule has 0 N–H and O–H groups in total. The van der Waals surface area contributed by atoms with Crippen LogP contribution >= 0.6 is 0 Å². The number of carbonyl (C=O) groups is 1. The Morgan fingerprint density at radius 3 is 2.47 bits per heavy atom. The van der Waals surface area contributed by atoms with Gasteiger partial charge in [0.25, 0.3) is 0 Å². The lowest BCUT2D eigenvalue weighted by atomic mass is 10.1. The molecule has 2 nitrogen and oxygen atoms in total. The number of aryl methyl sites for hydroxylation is 1. The number of hydrogen-bond donors (Lipinski definition) is 0. The summed E-state index contributed by atoms with van der Waals surface area (Å²) in [4.78, 5) is 10.9. The summed E-state index contributed by atoms with van der Waals surface area (Å²) in [6.45, 7) is 1.18. The van der Waals surface area contributed by atoms with Crippen molar-refractivity contribution in [3.8, 4) is 0 Å². The minimum atomic E-state index is -4.40. The van der Waals surface area contributed by atoms with Gasteiger partial charge in [-0.2, -0.15) is 13.2 Å². The van der Waals surface area contributed by atoms with Gasteiger partial charge >= 0.3 is 12.1 Å². The quantitative estimate of drug-likeness (QED) is 0.604. The van der Waals surface area contributed by atoms with Crippen molar-refractivity contribution in [3.05, 3.63) is 48.0 Å². The van der Waals surface area contributed by atoms with Gasteiger partial charge in [0.2, 0.25) is 0 Å². The van der Waals surface area contributed by atoms with Gasteiger partial charge in [-0.05, 0) is 24.5 Å². The second-order valence-corrected chi connectivity index (χ2v) is 4.07. The average molecular weight is 272 g/mol. The number of alkyl halides is 3. The Bertz CT molecular complexity index is 424. The highest BCUT2D eigenvalue weighted by Gasteiger charge is 2.23. The van der Waals surface area contributed by atoms with Crippen LogP contribution in [0.25, 0.3) is 0 Å². The maximum Gasteiger partial charge on any atom is 0.409 e. The van der Waals surface area contributed by atoms with Crippen LogP contribution in [0, 0.1) is 0 Å². The molecule has 19 heavy (non-hydrogen) atoms. The zero-order valence-corrected chi connectivity index (χ0v) is 10.5. The number of ether oxygens (including phenoxy) is 1. The van der Waals surface area contributed by atoms with Crippen molar-refractivity contribution in [2.45, 2.75) is 32.0 Å². The number of hydrogen-bond acceptors (Lipinski definition) is 2. The third-order valence-corrected chi connectivity index (χ3v) is 2.38. The largest absolute Gasteiger partial charge is 0.458 e. The number of benzene rings is 1. The second-order valence-electron chi connectivity index (χ2n) is 4.07. The Labute approximate surface area is 109 Å². The highest BCUT2D eigenvalue weighted by atomic mass is 19.4. The van der Waals surface area contributed by atoms with E-state index in [9.17, 15) is 18.0 Å². The molecule has 0 aromatic heterocycles. The summed E-state index contributed by atoms with van der Waals surface area (Å²) in [6, 6.07) is 9.30. The summed E-state index contributed by atoms with van der Waals surface area (Å²) < 4.78 is 41.1. The van der Waals surface area contributed by atoms with Crippen molar-refractivity contribution in [1.29, 1.82) is 0 Å². The molecule has 0 heterocycles. The smallest absolute Gasteiger partial charge is 0.409 e. The minimum Gasteiger partial charge on any atom is -0.458 e. The number of allylic oxidation sites excluding steroid dienone is 1. The minimum absolute atomic E-state index is 0.103. The fourth-order valence-corrected chi connectivity index (χ4v) is 1.58. The molecule has 0 amide bonds. The van der Waals surface area contributed by atoms with Gasteiger partial charge in [-0.25, -0.2) is 0 Å². The van der Waals surface area contributed by atoms with Crippen LogP contribution in [0.5, 0.6) is 0 Å². The first kappa shape index (κ1) is 15.3. The summed E-state index contributed by atoms with van der Waals surface area (Å²) in [6.07, 6.45) is -3.42. The van der Waals surface area contributed by atoms with Gasteiger partial charge in [0, 0.05) is 13.0 Å². The molecular weight excluding hydrogens is 257 g/mol. The topological polar surface area (TPSA) is 26.3 Å². The Morgan fingerprint density at radius 1 is 1.32 bits per heavy atom. The molecule has 0 fully saturated rings. The summed E-state index contributed by atoms with van der Waals surface area (Å²) in [5, 5.41) is 0. The lowest BCUT2D eigenvalue weighted by Gasteiger charge is -2.13. The molecule has 1 atom stereocenters.